The van der Waals surface area contributed by atoms with Crippen molar-refractivity contribution in [2.75, 3.05) is 27.2 Å². The van der Waals surface area contributed by atoms with Gasteiger partial charge in [-0.15, -0.1) is 12.4 Å². The number of aryl methyl sites for hydroxylation is 2. The van der Waals surface area contributed by atoms with Crippen LogP contribution in [0.2, 0.25) is 0 Å². The highest BCUT2D eigenvalue weighted by molar-refractivity contribution is 7.89. The molecule has 1 aromatic carbocycles. The maximum atomic E-state index is 12.1. The standard InChI is InChI=1S/C12H20N2O2S.ClH/c1-10-5-6-11(2)12(9-10)17(15,16)13-7-8-14(3)4;/h5-6,9,13H,7-8H2,1-4H3;1H. The summed E-state index contributed by atoms with van der Waals surface area (Å²) in [5, 5.41) is 0. The third-order valence-electron chi connectivity index (χ3n) is 2.48. The lowest BCUT2D eigenvalue weighted by Gasteiger charge is -2.12. The summed E-state index contributed by atoms with van der Waals surface area (Å²) in [6.07, 6.45) is 0. The van der Waals surface area contributed by atoms with Gasteiger partial charge in [0.1, 0.15) is 0 Å². The molecule has 6 heteroatoms. The Kier molecular flexibility index (Phi) is 6.84. The lowest BCUT2D eigenvalue weighted by Crippen LogP contribution is -2.31. The highest BCUT2D eigenvalue weighted by Crippen LogP contribution is 2.16. The summed E-state index contributed by atoms with van der Waals surface area (Å²) in [4.78, 5) is 2.31. The molecule has 0 spiro atoms. The minimum Gasteiger partial charge on any atom is -0.308 e. The van der Waals surface area contributed by atoms with Gasteiger partial charge < -0.3 is 4.90 Å². The topological polar surface area (TPSA) is 49.4 Å². The van der Waals surface area contributed by atoms with Gasteiger partial charge in [0, 0.05) is 13.1 Å². The van der Waals surface area contributed by atoms with E-state index < -0.39 is 10.0 Å². The zero-order valence-electron chi connectivity index (χ0n) is 11.2. The average Bonchev–Trinajstić information content (AvgIpc) is 2.20. The Balaban J connectivity index is 0.00000289. The van der Waals surface area contributed by atoms with Crippen molar-refractivity contribution in [2.45, 2.75) is 18.7 Å². The van der Waals surface area contributed by atoms with Gasteiger partial charge in [0.2, 0.25) is 10.0 Å². The Morgan fingerprint density at radius 1 is 1.22 bits per heavy atom. The number of likely N-dealkylation sites (N-methyl/N-ethyl adjacent to an activating group) is 1. The molecule has 0 amide bonds. The van der Waals surface area contributed by atoms with Crippen LogP contribution in [0.3, 0.4) is 0 Å². The van der Waals surface area contributed by atoms with E-state index in [0.717, 1.165) is 11.1 Å². The summed E-state index contributed by atoms with van der Waals surface area (Å²) in [6, 6.07) is 5.44. The highest BCUT2D eigenvalue weighted by atomic mass is 35.5. The van der Waals surface area contributed by atoms with Gasteiger partial charge in [-0.25, -0.2) is 13.1 Å². The molecule has 0 saturated heterocycles. The van der Waals surface area contributed by atoms with Gasteiger partial charge in [-0.2, -0.15) is 0 Å². The summed E-state index contributed by atoms with van der Waals surface area (Å²) < 4.78 is 26.7. The number of rotatable bonds is 5. The van der Waals surface area contributed by atoms with Crippen molar-refractivity contribution in [2.24, 2.45) is 0 Å². The zero-order valence-corrected chi connectivity index (χ0v) is 12.9. The molecule has 0 fully saturated rings. The SMILES string of the molecule is Cc1ccc(C)c(S(=O)(=O)NCCN(C)C)c1.Cl. The van der Waals surface area contributed by atoms with Crippen molar-refractivity contribution in [1.29, 1.82) is 0 Å². The van der Waals surface area contributed by atoms with Crippen molar-refractivity contribution in [3.63, 3.8) is 0 Å². The number of benzene rings is 1. The molecule has 0 bridgehead atoms. The molecule has 4 nitrogen and oxygen atoms in total. The Labute approximate surface area is 116 Å². The summed E-state index contributed by atoms with van der Waals surface area (Å²) in [6.45, 7) is 4.80. The smallest absolute Gasteiger partial charge is 0.240 e. The van der Waals surface area contributed by atoms with Crippen molar-refractivity contribution in [3.8, 4) is 0 Å². The fraction of sp³-hybridized carbons (Fsp3) is 0.500. The van der Waals surface area contributed by atoms with Gasteiger partial charge in [-0.3, -0.25) is 0 Å². The molecular weight excluding hydrogens is 272 g/mol. The number of nitrogens with zero attached hydrogens (tertiary/aromatic N) is 1. The fourth-order valence-corrected chi connectivity index (χ4v) is 2.83. The van der Waals surface area contributed by atoms with Crippen molar-refractivity contribution < 1.29 is 8.42 Å². The second-order valence-electron chi connectivity index (χ2n) is 4.47. The Bertz CT molecular complexity index is 487. The molecule has 0 aliphatic carbocycles. The molecule has 0 aliphatic heterocycles. The van der Waals surface area contributed by atoms with Crippen LogP contribution in [0, 0.1) is 13.8 Å². The van der Waals surface area contributed by atoms with Crippen LogP contribution in [0.5, 0.6) is 0 Å². The second kappa shape index (κ2) is 7.09. The Hall–Kier alpha value is -0.620. The predicted octanol–water partition coefficient (Wildman–Crippen LogP) is 1.57. The summed E-state index contributed by atoms with van der Waals surface area (Å²) >= 11 is 0. The normalized spacial score (nSPS) is 11.4. The lowest BCUT2D eigenvalue weighted by molar-refractivity contribution is 0.412. The van der Waals surface area contributed by atoms with E-state index >= 15 is 0 Å². The molecule has 1 N–H and O–H groups in total. The first-order valence-corrected chi connectivity index (χ1v) is 7.03. The molecule has 1 rings (SSSR count). The molecule has 0 aromatic heterocycles. The van der Waals surface area contributed by atoms with E-state index in [1.54, 1.807) is 13.0 Å². The third-order valence-corrected chi connectivity index (χ3v) is 4.09. The number of halogens is 1. The van der Waals surface area contributed by atoms with Gasteiger partial charge in [0.15, 0.2) is 0 Å². The summed E-state index contributed by atoms with van der Waals surface area (Å²) in [7, 11) is 0.432. The van der Waals surface area contributed by atoms with Crippen LogP contribution >= 0.6 is 12.4 Å². The van der Waals surface area contributed by atoms with Crippen LogP contribution < -0.4 is 4.72 Å². The Morgan fingerprint density at radius 3 is 2.39 bits per heavy atom. The van der Waals surface area contributed by atoms with Crippen LogP contribution in [0.15, 0.2) is 23.1 Å². The molecule has 0 heterocycles. The van der Waals surface area contributed by atoms with Gasteiger partial charge in [0.05, 0.1) is 4.90 Å². The quantitative estimate of drug-likeness (QED) is 0.896. The Morgan fingerprint density at radius 2 is 1.83 bits per heavy atom. The van der Waals surface area contributed by atoms with E-state index in [-0.39, 0.29) is 12.4 Å². The largest absolute Gasteiger partial charge is 0.308 e. The molecule has 0 aliphatic rings. The number of hydrogen-bond acceptors (Lipinski definition) is 3. The minimum absolute atomic E-state index is 0. The van der Waals surface area contributed by atoms with E-state index in [1.165, 1.54) is 0 Å². The summed E-state index contributed by atoms with van der Waals surface area (Å²) in [5.41, 5.74) is 1.72. The molecule has 0 unspecified atom stereocenters. The maximum absolute atomic E-state index is 12.1. The highest BCUT2D eigenvalue weighted by Gasteiger charge is 2.16. The van der Waals surface area contributed by atoms with E-state index in [4.69, 9.17) is 0 Å². The van der Waals surface area contributed by atoms with Gasteiger partial charge in [0.25, 0.3) is 0 Å². The average molecular weight is 293 g/mol. The van der Waals surface area contributed by atoms with Crippen LogP contribution in [-0.2, 0) is 10.0 Å². The number of nitrogens with one attached hydrogen (secondary N) is 1. The molecule has 0 atom stereocenters. The van der Waals surface area contributed by atoms with Crippen LogP contribution in [0.1, 0.15) is 11.1 Å². The van der Waals surface area contributed by atoms with E-state index in [9.17, 15) is 8.42 Å². The summed E-state index contributed by atoms with van der Waals surface area (Å²) in [5.74, 6) is 0. The van der Waals surface area contributed by atoms with Crippen LogP contribution in [-0.4, -0.2) is 40.5 Å². The zero-order chi connectivity index (χ0) is 13.1. The lowest BCUT2D eigenvalue weighted by atomic mass is 10.2. The van der Waals surface area contributed by atoms with E-state index in [1.807, 2.05) is 38.1 Å². The van der Waals surface area contributed by atoms with Crippen molar-refractivity contribution in [1.82, 2.24) is 9.62 Å². The monoisotopic (exact) mass is 292 g/mol. The molecule has 104 valence electrons. The van der Waals surface area contributed by atoms with Crippen molar-refractivity contribution >= 4 is 22.4 Å². The van der Waals surface area contributed by atoms with Gasteiger partial charge >= 0.3 is 0 Å². The molecule has 0 radical (unpaired) electrons. The van der Waals surface area contributed by atoms with Crippen molar-refractivity contribution in [3.05, 3.63) is 29.3 Å². The number of hydrogen-bond donors (Lipinski definition) is 1. The predicted molar refractivity (Wildman–Crippen MR) is 76.9 cm³/mol. The van der Waals surface area contributed by atoms with Gasteiger partial charge in [-0.1, -0.05) is 12.1 Å². The fourth-order valence-electron chi connectivity index (χ4n) is 1.48. The molecule has 0 saturated carbocycles. The maximum Gasteiger partial charge on any atom is 0.240 e. The molecule has 18 heavy (non-hydrogen) atoms. The second-order valence-corrected chi connectivity index (χ2v) is 6.21. The molecule has 1 aromatic rings. The minimum atomic E-state index is -3.39. The van der Waals surface area contributed by atoms with E-state index in [2.05, 4.69) is 4.72 Å². The first-order valence-electron chi connectivity index (χ1n) is 5.54. The number of sulfonamides is 1. The molecular formula is C12H21ClN2O2S. The third kappa shape index (κ3) is 4.94. The van der Waals surface area contributed by atoms with Crippen LogP contribution in [0.25, 0.3) is 0 Å². The first kappa shape index (κ1) is 17.4. The van der Waals surface area contributed by atoms with E-state index in [0.29, 0.717) is 18.0 Å². The van der Waals surface area contributed by atoms with Crippen LogP contribution in [0.4, 0.5) is 0 Å². The van der Waals surface area contributed by atoms with Gasteiger partial charge in [-0.05, 0) is 45.1 Å². The first-order chi connectivity index (χ1) is 7.83.